The summed E-state index contributed by atoms with van der Waals surface area (Å²) in [7, 11) is 0. The van der Waals surface area contributed by atoms with E-state index in [2.05, 4.69) is 10.6 Å². The van der Waals surface area contributed by atoms with E-state index < -0.39 is 30.7 Å². The molecule has 2 saturated heterocycles. The van der Waals surface area contributed by atoms with Crippen LogP contribution in [0.2, 0.25) is 0 Å². The first-order valence-electron chi connectivity index (χ1n) is 8.81. The summed E-state index contributed by atoms with van der Waals surface area (Å²) < 4.78 is 40.1. The lowest BCUT2D eigenvalue weighted by atomic mass is 10.1. The lowest BCUT2D eigenvalue weighted by Gasteiger charge is -2.36. The molecule has 2 atom stereocenters. The molecule has 0 radical (unpaired) electrons. The zero-order chi connectivity index (χ0) is 18.6. The molecule has 0 aliphatic carbocycles. The smallest absolute Gasteiger partial charge is 0.352 e. The Labute approximate surface area is 158 Å². The van der Waals surface area contributed by atoms with Crippen molar-refractivity contribution >= 4 is 24.2 Å². The van der Waals surface area contributed by atoms with E-state index in [9.17, 15) is 22.8 Å². The van der Waals surface area contributed by atoms with Gasteiger partial charge in [0.2, 0.25) is 11.8 Å². The lowest BCUT2D eigenvalue weighted by Crippen LogP contribution is -2.58. The first-order chi connectivity index (χ1) is 11.7. The van der Waals surface area contributed by atoms with Gasteiger partial charge in [0.1, 0.15) is 12.1 Å². The van der Waals surface area contributed by atoms with Crippen LogP contribution in [0.1, 0.15) is 26.7 Å². The average molecular weight is 401 g/mol. The number of piperazine rings is 1. The highest BCUT2D eigenvalue weighted by molar-refractivity contribution is 5.88. The van der Waals surface area contributed by atoms with Crippen LogP contribution in [0.4, 0.5) is 13.2 Å². The predicted molar refractivity (Wildman–Crippen MR) is 94.1 cm³/mol. The number of nitrogens with zero attached hydrogens (tertiary/aromatic N) is 2. The highest BCUT2D eigenvalue weighted by atomic mass is 35.5. The molecule has 0 aromatic heterocycles. The Kier molecular flexibility index (Phi) is 8.62. The number of alkyl halides is 3. The fourth-order valence-corrected chi connectivity index (χ4v) is 3.40. The summed E-state index contributed by atoms with van der Waals surface area (Å²) in [5, 5.41) is 5.46. The van der Waals surface area contributed by atoms with Gasteiger partial charge in [0, 0.05) is 45.2 Å². The average Bonchev–Trinajstić information content (AvgIpc) is 3.03. The number of likely N-dealkylation sites (tertiary alicyclic amines) is 1. The van der Waals surface area contributed by atoms with Gasteiger partial charge in [-0.2, -0.15) is 13.2 Å². The standard InChI is InChI=1S/C16H27F3N4O2.ClH/c1-11(2)15(25)23-7-3-4-12(23)14(24)21-10-13(16(17,18)19)22-8-5-20-6-9-22;/h11-13,20H,3-10H2,1-2H3,(H,21,24);1H. The minimum absolute atomic E-state index is 0. The van der Waals surface area contributed by atoms with Crippen molar-refractivity contribution in [3.63, 3.8) is 0 Å². The van der Waals surface area contributed by atoms with E-state index in [4.69, 9.17) is 0 Å². The summed E-state index contributed by atoms with van der Waals surface area (Å²) in [5.74, 6) is -0.861. The molecule has 2 heterocycles. The third kappa shape index (κ3) is 5.72. The Bertz CT molecular complexity index is 485. The number of rotatable bonds is 5. The molecule has 0 bridgehead atoms. The van der Waals surface area contributed by atoms with Crippen LogP contribution in [0.3, 0.4) is 0 Å². The summed E-state index contributed by atoms with van der Waals surface area (Å²) in [6, 6.07) is -2.36. The molecule has 2 aliphatic rings. The van der Waals surface area contributed by atoms with Crippen molar-refractivity contribution < 1.29 is 22.8 Å². The number of carbonyl (C=O) groups is 2. The Morgan fingerprint density at radius 3 is 2.35 bits per heavy atom. The van der Waals surface area contributed by atoms with E-state index >= 15 is 0 Å². The molecule has 2 N–H and O–H groups in total. The number of halogens is 4. The summed E-state index contributed by atoms with van der Waals surface area (Å²) in [5.41, 5.74) is 0. The maximum absolute atomic E-state index is 13.4. The van der Waals surface area contributed by atoms with Crippen molar-refractivity contribution in [2.75, 3.05) is 39.3 Å². The maximum atomic E-state index is 13.4. The summed E-state index contributed by atoms with van der Waals surface area (Å²) >= 11 is 0. The topological polar surface area (TPSA) is 64.7 Å². The van der Waals surface area contributed by atoms with E-state index in [1.807, 2.05) is 0 Å². The van der Waals surface area contributed by atoms with Crippen LogP contribution in [0.15, 0.2) is 0 Å². The molecule has 2 amide bonds. The van der Waals surface area contributed by atoms with Crippen LogP contribution in [0.25, 0.3) is 0 Å². The van der Waals surface area contributed by atoms with Crippen molar-refractivity contribution in [2.45, 2.75) is 44.9 Å². The van der Waals surface area contributed by atoms with Gasteiger partial charge < -0.3 is 15.5 Å². The van der Waals surface area contributed by atoms with Crippen LogP contribution < -0.4 is 10.6 Å². The van der Waals surface area contributed by atoms with E-state index in [0.717, 1.165) is 0 Å². The number of nitrogens with one attached hydrogen (secondary N) is 2. The molecule has 26 heavy (non-hydrogen) atoms. The molecule has 2 rings (SSSR count). The molecule has 0 aromatic rings. The molecule has 10 heteroatoms. The van der Waals surface area contributed by atoms with Crippen LogP contribution in [-0.4, -0.2) is 79.1 Å². The first-order valence-corrected chi connectivity index (χ1v) is 8.81. The minimum Gasteiger partial charge on any atom is -0.352 e. The summed E-state index contributed by atoms with van der Waals surface area (Å²) in [4.78, 5) is 27.4. The van der Waals surface area contributed by atoms with Crippen LogP contribution in [0.5, 0.6) is 0 Å². The highest BCUT2D eigenvalue weighted by Crippen LogP contribution is 2.25. The molecule has 0 spiro atoms. The van der Waals surface area contributed by atoms with Gasteiger partial charge in [0.25, 0.3) is 0 Å². The van der Waals surface area contributed by atoms with Crippen LogP contribution in [0, 0.1) is 5.92 Å². The molecule has 2 fully saturated rings. The Morgan fingerprint density at radius 2 is 1.81 bits per heavy atom. The summed E-state index contributed by atoms with van der Waals surface area (Å²) in [6.07, 6.45) is -3.22. The zero-order valence-electron chi connectivity index (χ0n) is 15.1. The second-order valence-electron chi connectivity index (χ2n) is 6.93. The highest BCUT2D eigenvalue weighted by Gasteiger charge is 2.44. The van der Waals surface area contributed by atoms with Crippen molar-refractivity contribution in [1.82, 2.24) is 20.4 Å². The first kappa shape index (κ1) is 23.0. The molecular weight excluding hydrogens is 373 g/mol. The van der Waals surface area contributed by atoms with Gasteiger partial charge in [-0.1, -0.05) is 13.8 Å². The number of hydrogen-bond acceptors (Lipinski definition) is 4. The van der Waals surface area contributed by atoms with Crippen molar-refractivity contribution in [3.8, 4) is 0 Å². The van der Waals surface area contributed by atoms with Gasteiger partial charge in [0.05, 0.1) is 0 Å². The van der Waals surface area contributed by atoms with E-state index in [1.165, 1.54) is 9.80 Å². The largest absolute Gasteiger partial charge is 0.405 e. The fourth-order valence-electron chi connectivity index (χ4n) is 3.40. The molecule has 2 unspecified atom stereocenters. The Hall–Kier alpha value is -1.06. The minimum atomic E-state index is -4.41. The Morgan fingerprint density at radius 1 is 1.19 bits per heavy atom. The van der Waals surface area contributed by atoms with Gasteiger partial charge in [0.15, 0.2) is 0 Å². The van der Waals surface area contributed by atoms with Crippen molar-refractivity contribution in [3.05, 3.63) is 0 Å². The third-order valence-electron chi connectivity index (χ3n) is 4.77. The van der Waals surface area contributed by atoms with E-state index in [1.54, 1.807) is 13.8 Å². The SMILES string of the molecule is CC(C)C(=O)N1CCCC1C(=O)NCC(N1CCNCC1)C(F)(F)F.Cl. The quantitative estimate of drug-likeness (QED) is 0.723. The van der Waals surface area contributed by atoms with Crippen LogP contribution >= 0.6 is 12.4 Å². The second-order valence-corrected chi connectivity index (χ2v) is 6.93. The molecule has 2 aliphatic heterocycles. The monoisotopic (exact) mass is 400 g/mol. The van der Waals surface area contributed by atoms with Gasteiger partial charge in [-0.15, -0.1) is 12.4 Å². The predicted octanol–water partition coefficient (Wildman–Crippen LogP) is 1.01. The normalized spacial score (nSPS) is 22.8. The molecular formula is C16H28ClF3N4O2. The molecule has 152 valence electrons. The van der Waals surface area contributed by atoms with E-state index in [-0.39, 0.29) is 24.2 Å². The Balaban J connectivity index is 0.00000338. The van der Waals surface area contributed by atoms with Gasteiger partial charge >= 0.3 is 6.18 Å². The fraction of sp³-hybridized carbons (Fsp3) is 0.875. The lowest BCUT2D eigenvalue weighted by molar-refractivity contribution is -0.184. The second kappa shape index (κ2) is 9.75. The summed E-state index contributed by atoms with van der Waals surface area (Å²) in [6.45, 7) is 5.08. The van der Waals surface area contributed by atoms with Gasteiger partial charge in [-0.25, -0.2) is 0 Å². The van der Waals surface area contributed by atoms with Crippen molar-refractivity contribution in [2.24, 2.45) is 5.92 Å². The van der Waals surface area contributed by atoms with E-state index in [0.29, 0.717) is 45.6 Å². The molecule has 6 nitrogen and oxygen atoms in total. The van der Waals surface area contributed by atoms with Gasteiger partial charge in [-0.3, -0.25) is 14.5 Å². The molecule has 0 saturated carbocycles. The van der Waals surface area contributed by atoms with Gasteiger partial charge in [-0.05, 0) is 12.8 Å². The maximum Gasteiger partial charge on any atom is 0.405 e. The number of hydrogen-bond donors (Lipinski definition) is 2. The zero-order valence-corrected chi connectivity index (χ0v) is 16.0. The number of amides is 2. The molecule has 0 aromatic carbocycles. The third-order valence-corrected chi connectivity index (χ3v) is 4.77. The number of carbonyl (C=O) groups excluding carboxylic acids is 2. The van der Waals surface area contributed by atoms with Crippen molar-refractivity contribution in [1.29, 1.82) is 0 Å². The van der Waals surface area contributed by atoms with Crippen LogP contribution in [-0.2, 0) is 9.59 Å².